The zero-order chi connectivity index (χ0) is 21.8. The Morgan fingerprint density at radius 3 is 2.21 bits per heavy atom. The molecule has 0 aliphatic rings. The van der Waals surface area contributed by atoms with Crippen LogP contribution in [0.5, 0.6) is 5.75 Å². The molecule has 2 aromatic rings. The molecule has 0 fully saturated rings. The number of anilines is 1. The average molecular weight is 419 g/mol. The van der Waals surface area contributed by atoms with Gasteiger partial charge in [-0.05, 0) is 81.1 Å². The Balaban J connectivity index is 2.02. The Bertz CT molecular complexity index is 966. The molecule has 0 heterocycles. The van der Waals surface area contributed by atoms with E-state index >= 15 is 0 Å². The summed E-state index contributed by atoms with van der Waals surface area (Å²) < 4.78 is 31.6. The first kappa shape index (κ1) is 22.7. The van der Waals surface area contributed by atoms with Crippen molar-refractivity contribution < 1.29 is 17.9 Å². The molecule has 158 valence electrons. The van der Waals surface area contributed by atoms with Crippen LogP contribution in [0.1, 0.15) is 29.2 Å². The Morgan fingerprint density at radius 2 is 1.66 bits per heavy atom. The molecule has 6 nitrogen and oxygen atoms in total. The maximum atomic E-state index is 12.6. The van der Waals surface area contributed by atoms with Crippen LogP contribution in [0.4, 0.5) is 5.69 Å². The molecule has 0 saturated heterocycles. The van der Waals surface area contributed by atoms with E-state index in [1.807, 2.05) is 45.9 Å². The van der Waals surface area contributed by atoms with Crippen LogP contribution in [0.3, 0.4) is 0 Å². The molecule has 0 spiro atoms. The standard InChI is InChI=1S/C22H30N2O4S/c1-15-11-16(2)13-21(12-15)28-10-9-23-22(25)19(5)24(29(6,26)27)20-8-7-17(3)18(4)14-20/h7-8,11-14,19H,9-10H2,1-6H3,(H,23,25)/t19-/m1/s1. The first-order valence-electron chi connectivity index (χ1n) is 9.54. The predicted octanol–water partition coefficient (Wildman–Crippen LogP) is 3.27. The van der Waals surface area contributed by atoms with Gasteiger partial charge in [-0.3, -0.25) is 9.10 Å². The van der Waals surface area contributed by atoms with Crippen LogP contribution in [0.25, 0.3) is 0 Å². The third-order valence-corrected chi connectivity index (χ3v) is 5.94. The number of carbonyl (C=O) groups excluding carboxylic acids is 1. The predicted molar refractivity (Wildman–Crippen MR) is 117 cm³/mol. The van der Waals surface area contributed by atoms with Crippen LogP contribution in [-0.2, 0) is 14.8 Å². The third kappa shape index (κ3) is 6.22. The number of hydrogen-bond donors (Lipinski definition) is 1. The van der Waals surface area contributed by atoms with Gasteiger partial charge in [0.05, 0.1) is 18.5 Å². The van der Waals surface area contributed by atoms with E-state index in [1.165, 1.54) is 0 Å². The summed E-state index contributed by atoms with van der Waals surface area (Å²) in [7, 11) is -3.63. The van der Waals surface area contributed by atoms with Crippen LogP contribution in [0.2, 0.25) is 0 Å². The fraction of sp³-hybridized carbons (Fsp3) is 0.409. The summed E-state index contributed by atoms with van der Waals surface area (Å²) in [6.07, 6.45) is 1.11. The van der Waals surface area contributed by atoms with Crippen molar-refractivity contribution in [3.05, 3.63) is 58.7 Å². The highest BCUT2D eigenvalue weighted by Gasteiger charge is 2.29. The second kappa shape index (κ2) is 9.31. The molecule has 0 unspecified atom stereocenters. The normalized spacial score (nSPS) is 12.3. The maximum Gasteiger partial charge on any atom is 0.243 e. The van der Waals surface area contributed by atoms with Gasteiger partial charge in [-0.1, -0.05) is 12.1 Å². The summed E-state index contributed by atoms with van der Waals surface area (Å²) in [5.74, 6) is 0.371. The fourth-order valence-electron chi connectivity index (χ4n) is 3.18. The molecular weight excluding hydrogens is 388 g/mol. The highest BCUT2D eigenvalue weighted by molar-refractivity contribution is 7.92. The van der Waals surface area contributed by atoms with Crippen molar-refractivity contribution in [2.75, 3.05) is 23.7 Å². The molecule has 0 saturated carbocycles. The summed E-state index contributed by atoms with van der Waals surface area (Å²) in [6, 6.07) is 10.4. The van der Waals surface area contributed by atoms with Gasteiger partial charge in [-0.25, -0.2) is 8.42 Å². The third-order valence-electron chi connectivity index (χ3n) is 4.70. The Morgan fingerprint density at radius 1 is 1.03 bits per heavy atom. The lowest BCUT2D eigenvalue weighted by Gasteiger charge is -2.28. The van der Waals surface area contributed by atoms with Crippen molar-refractivity contribution >= 4 is 21.6 Å². The van der Waals surface area contributed by atoms with Crippen molar-refractivity contribution in [3.63, 3.8) is 0 Å². The summed E-state index contributed by atoms with van der Waals surface area (Å²) in [6.45, 7) is 10.0. The molecule has 2 aromatic carbocycles. The number of amides is 1. The number of sulfonamides is 1. The van der Waals surface area contributed by atoms with Gasteiger partial charge in [0.15, 0.2) is 0 Å². The van der Waals surface area contributed by atoms with Gasteiger partial charge in [0.1, 0.15) is 18.4 Å². The quantitative estimate of drug-likeness (QED) is 0.668. The zero-order valence-corrected chi connectivity index (χ0v) is 18.8. The Hall–Kier alpha value is -2.54. The van der Waals surface area contributed by atoms with Gasteiger partial charge in [-0.15, -0.1) is 0 Å². The van der Waals surface area contributed by atoms with E-state index in [1.54, 1.807) is 19.1 Å². The molecule has 1 amide bonds. The molecule has 0 aliphatic carbocycles. The van der Waals surface area contributed by atoms with Crippen LogP contribution in [0, 0.1) is 27.7 Å². The van der Waals surface area contributed by atoms with Gasteiger partial charge >= 0.3 is 0 Å². The highest BCUT2D eigenvalue weighted by Crippen LogP contribution is 2.23. The Labute approximate surface area is 173 Å². The number of ether oxygens (including phenoxy) is 1. The zero-order valence-electron chi connectivity index (χ0n) is 17.9. The van der Waals surface area contributed by atoms with Crippen molar-refractivity contribution in [2.24, 2.45) is 0 Å². The first-order valence-corrected chi connectivity index (χ1v) is 11.4. The second-order valence-electron chi connectivity index (χ2n) is 7.47. The molecule has 0 bridgehead atoms. The molecule has 1 atom stereocenters. The summed E-state index contributed by atoms with van der Waals surface area (Å²) in [5.41, 5.74) is 4.71. The molecule has 0 aliphatic heterocycles. The molecule has 0 aromatic heterocycles. The van der Waals surface area contributed by atoms with Crippen LogP contribution < -0.4 is 14.4 Å². The van der Waals surface area contributed by atoms with Crippen molar-refractivity contribution in [1.29, 1.82) is 0 Å². The molecule has 29 heavy (non-hydrogen) atoms. The molecule has 0 radical (unpaired) electrons. The summed E-state index contributed by atoms with van der Waals surface area (Å²) in [4.78, 5) is 12.6. The average Bonchev–Trinajstić information content (AvgIpc) is 2.59. The Kier molecular flexibility index (Phi) is 7.30. The topological polar surface area (TPSA) is 75.7 Å². The molecule has 1 N–H and O–H groups in total. The van der Waals surface area contributed by atoms with Crippen molar-refractivity contribution in [1.82, 2.24) is 5.32 Å². The van der Waals surface area contributed by atoms with Gasteiger partial charge < -0.3 is 10.1 Å². The van der Waals surface area contributed by atoms with E-state index in [-0.39, 0.29) is 12.5 Å². The summed E-state index contributed by atoms with van der Waals surface area (Å²) >= 11 is 0. The van der Waals surface area contributed by atoms with Crippen molar-refractivity contribution in [3.8, 4) is 5.75 Å². The first-order chi connectivity index (χ1) is 13.5. The number of nitrogens with one attached hydrogen (secondary N) is 1. The number of aryl methyl sites for hydroxylation is 4. The van der Waals surface area contributed by atoms with Gasteiger partial charge in [0, 0.05) is 0 Å². The van der Waals surface area contributed by atoms with Crippen LogP contribution in [0.15, 0.2) is 36.4 Å². The van der Waals surface area contributed by atoms with E-state index in [9.17, 15) is 13.2 Å². The number of nitrogens with zero attached hydrogens (tertiary/aromatic N) is 1. The van der Waals surface area contributed by atoms with E-state index in [0.29, 0.717) is 12.3 Å². The number of benzene rings is 2. The van der Waals surface area contributed by atoms with Gasteiger partial charge in [0.25, 0.3) is 0 Å². The van der Waals surface area contributed by atoms with Crippen LogP contribution >= 0.6 is 0 Å². The fourth-order valence-corrected chi connectivity index (χ4v) is 4.35. The molecule has 2 rings (SSSR count). The van der Waals surface area contributed by atoms with E-state index in [4.69, 9.17) is 4.74 Å². The number of rotatable bonds is 8. The lowest BCUT2D eigenvalue weighted by molar-refractivity contribution is -0.121. The van der Waals surface area contributed by atoms with E-state index < -0.39 is 16.1 Å². The molecular formula is C22H30N2O4S. The smallest absolute Gasteiger partial charge is 0.243 e. The summed E-state index contributed by atoms with van der Waals surface area (Å²) in [5, 5.41) is 2.76. The monoisotopic (exact) mass is 418 g/mol. The highest BCUT2D eigenvalue weighted by atomic mass is 32.2. The van der Waals surface area contributed by atoms with Crippen molar-refractivity contribution in [2.45, 2.75) is 40.7 Å². The second-order valence-corrected chi connectivity index (χ2v) is 9.33. The minimum atomic E-state index is -3.63. The molecule has 7 heteroatoms. The van der Waals surface area contributed by atoms with Crippen LogP contribution in [-0.4, -0.2) is 39.8 Å². The number of carbonyl (C=O) groups is 1. The largest absolute Gasteiger partial charge is 0.492 e. The maximum absolute atomic E-state index is 12.6. The lowest BCUT2D eigenvalue weighted by Crippen LogP contribution is -2.48. The minimum absolute atomic E-state index is 0.278. The van der Waals surface area contributed by atoms with E-state index in [2.05, 4.69) is 11.4 Å². The van der Waals surface area contributed by atoms with Gasteiger partial charge in [-0.2, -0.15) is 0 Å². The SMILES string of the molecule is Cc1cc(C)cc(OCCNC(=O)[C@@H](C)N(c2ccc(C)c(C)c2)S(C)(=O)=O)c1. The minimum Gasteiger partial charge on any atom is -0.492 e. The van der Waals surface area contributed by atoms with E-state index in [0.717, 1.165) is 38.6 Å². The lowest BCUT2D eigenvalue weighted by atomic mass is 10.1. The van der Waals surface area contributed by atoms with Gasteiger partial charge in [0.2, 0.25) is 15.9 Å². The number of hydrogen-bond acceptors (Lipinski definition) is 4.